The maximum absolute atomic E-state index is 5.79. The van der Waals surface area contributed by atoms with E-state index in [0.29, 0.717) is 5.84 Å². The van der Waals surface area contributed by atoms with Crippen LogP contribution in [0.25, 0.3) is 6.08 Å². The molecule has 1 aromatic carbocycles. The summed E-state index contributed by atoms with van der Waals surface area (Å²) in [6.45, 7) is 0. The van der Waals surface area contributed by atoms with Gasteiger partial charge in [-0.1, -0.05) is 12.1 Å². The Morgan fingerprint density at radius 1 is 1.07 bits per heavy atom. The smallest absolute Gasteiger partial charge is 0.103 e. The second-order valence-corrected chi connectivity index (χ2v) is 4.29. The highest BCUT2D eigenvalue weighted by Gasteiger charge is 2.14. The molecule has 1 aromatic rings. The minimum absolute atomic E-state index is 0.711. The highest BCUT2D eigenvalue weighted by molar-refractivity contribution is 5.86. The van der Waals surface area contributed by atoms with Crippen molar-refractivity contribution >= 4 is 11.9 Å². The summed E-state index contributed by atoms with van der Waals surface area (Å²) in [5.41, 5.74) is 11.4. The molecule has 76 valence electrons. The quantitative estimate of drug-likeness (QED) is 0.680. The Morgan fingerprint density at radius 2 is 1.87 bits per heavy atom. The summed E-state index contributed by atoms with van der Waals surface area (Å²) >= 11 is 0. The van der Waals surface area contributed by atoms with Crippen molar-refractivity contribution in [3.05, 3.63) is 40.6 Å². The molecule has 0 atom stereocenters. The first-order valence-corrected chi connectivity index (χ1v) is 5.46. The van der Waals surface area contributed by atoms with E-state index in [1.54, 1.807) is 0 Å². The van der Waals surface area contributed by atoms with E-state index in [1.807, 2.05) is 6.20 Å². The normalized spacial score (nSPS) is 18.0. The molecule has 0 aromatic heterocycles. The van der Waals surface area contributed by atoms with Crippen LogP contribution in [0.3, 0.4) is 0 Å². The maximum Gasteiger partial charge on any atom is 0.103 e. The van der Waals surface area contributed by atoms with Gasteiger partial charge in [0.05, 0.1) is 0 Å². The highest BCUT2D eigenvalue weighted by Crippen LogP contribution is 2.27. The lowest BCUT2D eigenvalue weighted by atomic mass is 9.98. The Balaban J connectivity index is 2.13. The number of rotatable bonds is 0. The molecule has 3 rings (SSSR count). The Hall–Kier alpha value is -1.57. The van der Waals surface area contributed by atoms with E-state index >= 15 is 0 Å². The lowest BCUT2D eigenvalue weighted by Gasteiger charge is -2.07. The molecule has 0 amide bonds. The summed E-state index contributed by atoms with van der Waals surface area (Å²) in [6.07, 6.45) is 8.41. The zero-order valence-electron chi connectivity index (χ0n) is 8.66. The van der Waals surface area contributed by atoms with Crippen LogP contribution in [0.1, 0.15) is 28.7 Å². The van der Waals surface area contributed by atoms with Gasteiger partial charge in [-0.15, -0.1) is 0 Å². The Labute approximate surface area is 89.5 Å². The summed E-state index contributed by atoms with van der Waals surface area (Å²) in [5, 5.41) is 0. The van der Waals surface area contributed by atoms with E-state index in [4.69, 9.17) is 5.73 Å². The van der Waals surface area contributed by atoms with Crippen molar-refractivity contribution in [2.45, 2.75) is 25.7 Å². The largest absolute Gasteiger partial charge is 0.387 e. The molecule has 2 aliphatic rings. The predicted molar refractivity (Wildman–Crippen MR) is 62.8 cm³/mol. The molecule has 1 aliphatic carbocycles. The van der Waals surface area contributed by atoms with E-state index in [9.17, 15) is 0 Å². The summed E-state index contributed by atoms with van der Waals surface area (Å²) in [6, 6.07) is 4.62. The first-order chi connectivity index (χ1) is 7.33. The van der Waals surface area contributed by atoms with Gasteiger partial charge >= 0.3 is 0 Å². The lowest BCUT2D eigenvalue weighted by Crippen LogP contribution is -2.14. The van der Waals surface area contributed by atoms with Crippen LogP contribution in [0.15, 0.2) is 23.3 Å². The van der Waals surface area contributed by atoms with Crippen LogP contribution in [0.5, 0.6) is 0 Å². The molecule has 0 fully saturated rings. The number of aryl methyl sites for hydroxylation is 2. The molecular weight excluding hydrogens is 184 g/mol. The lowest BCUT2D eigenvalue weighted by molar-refractivity contribution is 0.911. The zero-order chi connectivity index (χ0) is 10.3. The van der Waals surface area contributed by atoms with Crippen molar-refractivity contribution in [3.8, 4) is 0 Å². The van der Waals surface area contributed by atoms with Crippen LogP contribution >= 0.6 is 0 Å². The van der Waals surface area contributed by atoms with Crippen LogP contribution in [0.2, 0.25) is 0 Å². The zero-order valence-corrected chi connectivity index (χ0v) is 8.66. The third-order valence-electron chi connectivity index (χ3n) is 3.22. The first kappa shape index (κ1) is 8.72. The van der Waals surface area contributed by atoms with Crippen molar-refractivity contribution in [3.63, 3.8) is 0 Å². The van der Waals surface area contributed by atoms with Gasteiger partial charge in [0.2, 0.25) is 0 Å². The molecule has 0 bridgehead atoms. The predicted octanol–water partition coefficient (Wildman–Crippen LogP) is 2.06. The summed E-state index contributed by atoms with van der Waals surface area (Å²) in [5.74, 6) is 0.711. The number of benzene rings is 1. The third-order valence-corrected chi connectivity index (χ3v) is 3.22. The number of hydrogen-bond donors (Lipinski definition) is 1. The van der Waals surface area contributed by atoms with Gasteiger partial charge < -0.3 is 5.73 Å². The minimum atomic E-state index is 0.711. The van der Waals surface area contributed by atoms with E-state index < -0.39 is 0 Å². The van der Waals surface area contributed by atoms with E-state index in [2.05, 4.69) is 23.2 Å². The fraction of sp³-hybridized carbons (Fsp3) is 0.308. The van der Waals surface area contributed by atoms with Crippen LogP contribution < -0.4 is 5.73 Å². The van der Waals surface area contributed by atoms with Gasteiger partial charge in [-0.3, -0.25) is 0 Å². The number of hydrogen-bond acceptors (Lipinski definition) is 2. The van der Waals surface area contributed by atoms with E-state index in [-0.39, 0.29) is 0 Å². The maximum atomic E-state index is 5.79. The third kappa shape index (κ3) is 1.46. The Kier molecular flexibility index (Phi) is 1.88. The van der Waals surface area contributed by atoms with Gasteiger partial charge in [0.1, 0.15) is 5.84 Å². The van der Waals surface area contributed by atoms with Gasteiger partial charge in [0.25, 0.3) is 0 Å². The summed E-state index contributed by atoms with van der Waals surface area (Å²) < 4.78 is 0. The van der Waals surface area contributed by atoms with Crippen LogP contribution in [-0.2, 0) is 19.3 Å². The fourth-order valence-electron chi connectivity index (χ4n) is 2.46. The monoisotopic (exact) mass is 198 g/mol. The average Bonchev–Trinajstić information content (AvgIpc) is 2.57. The minimum Gasteiger partial charge on any atom is -0.387 e. The van der Waals surface area contributed by atoms with Gasteiger partial charge in [-0.05, 0) is 47.6 Å². The van der Waals surface area contributed by atoms with Crippen LogP contribution in [0, 0.1) is 0 Å². The van der Waals surface area contributed by atoms with Crippen molar-refractivity contribution in [1.82, 2.24) is 0 Å². The van der Waals surface area contributed by atoms with Crippen LogP contribution in [-0.4, -0.2) is 5.84 Å². The summed E-state index contributed by atoms with van der Waals surface area (Å²) in [7, 11) is 0. The fourth-order valence-corrected chi connectivity index (χ4v) is 2.46. The van der Waals surface area contributed by atoms with E-state index in [0.717, 1.165) is 6.42 Å². The summed E-state index contributed by atoms with van der Waals surface area (Å²) in [4.78, 5) is 4.16. The number of amidine groups is 1. The van der Waals surface area contributed by atoms with Crippen molar-refractivity contribution in [2.75, 3.05) is 0 Å². The second kappa shape index (κ2) is 3.23. The van der Waals surface area contributed by atoms with Crippen LogP contribution in [0.4, 0.5) is 0 Å². The van der Waals surface area contributed by atoms with Gasteiger partial charge in [0, 0.05) is 12.6 Å². The van der Waals surface area contributed by atoms with Crippen molar-refractivity contribution in [2.24, 2.45) is 10.7 Å². The number of fused-ring (bicyclic) bond motifs is 2. The number of aliphatic imine (C=N–C) groups is 1. The van der Waals surface area contributed by atoms with E-state index in [1.165, 1.54) is 41.5 Å². The second-order valence-electron chi connectivity index (χ2n) is 4.29. The molecule has 2 nitrogen and oxygen atoms in total. The first-order valence-electron chi connectivity index (χ1n) is 5.46. The molecule has 0 spiro atoms. The molecule has 0 saturated heterocycles. The molecule has 2 N–H and O–H groups in total. The molecule has 2 heteroatoms. The molecular formula is C13H14N2. The van der Waals surface area contributed by atoms with Gasteiger partial charge in [-0.2, -0.15) is 0 Å². The van der Waals surface area contributed by atoms with Crippen molar-refractivity contribution in [1.29, 1.82) is 0 Å². The molecule has 0 radical (unpaired) electrons. The topological polar surface area (TPSA) is 38.4 Å². The standard InChI is InChI=1S/C13H14N2/c14-13-8-12-7-10-3-1-2-9(10)6-11(12)4-5-15-13/h4-7H,1-3,8H2,(H2,14,15). The Bertz CT molecular complexity index is 470. The van der Waals surface area contributed by atoms with Crippen molar-refractivity contribution < 1.29 is 0 Å². The van der Waals surface area contributed by atoms with Gasteiger partial charge in [-0.25, -0.2) is 4.99 Å². The van der Waals surface area contributed by atoms with Gasteiger partial charge in [0.15, 0.2) is 0 Å². The average molecular weight is 198 g/mol. The molecule has 0 unspecified atom stereocenters. The molecule has 0 saturated carbocycles. The number of nitrogens with two attached hydrogens (primary N) is 1. The molecule has 1 aliphatic heterocycles. The molecule has 15 heavy (non-hydrogen) atoms. The molecule has 1 heterocycles. The Morgan fingerprint density at radius 3 is 2.73 bits per heavy atom. The number of nitrogens with zero attached hydrogens (tertiary/aromatic N) is 1. The highest BCUT2D eigenvalue weighted by atomic mass is 14.8. The SMILES string of the molecule is NC1=NC=Cc2cc3c(cc2C1)CCC3.